The summed E-state index contributed by atoms with van der Waals surface area (Å²) in [6.07, 6.45) is 4.49. The third-order valence-electron chi connectivity index (χ3n) is 4.71. The number of rotatable bonds is 5. The van der Waals surface area contributed by atoms with E-state index in [1.165, 1.54) is 16.2 Å². The molecule has 0 radical (unpaired) electrons. The minimum Gasteiger partial charge on any atom is -0.480 e. The fourth-order valence-corrected chi connectivity index (χ4v) is 4.60. The standard InChI is InChI=1S/C18H23N3O4S/c1-3-8-20(10-13(22)23)18(25)15-11(2)14-16(26-15)19-12-7-5-4-6-9-21(12)17(14)24/h3-10H2,1-2H3,(H,22,23). The van der Waals surface area contributed by atoms with E-state index in [0.717, 1.165) is 31.5 Å². The van der Waals surface area contributed by atoms with Crippen LogP contribution in [0.4, 0.5) is 0 Å². The Morgan fingerprint density at radius 1 is 1.31 bits per heavy atom. The number of hydrogen-bond acceptors (Lipinski definition) is 5. The van der Waals surface area contributed by atoms with Gasteiger partial charge >= 0.3 is 5.97 Å². The van der Waals surface area contributed by atoms with Crippen molar-refractivity contribution in [3.8, 4) is 0 Å². The topological polar surface area (TPSA) is 92.5 Å². The van der Waals surface area contributed by atoms with Gasteiger partial charge in [-0.15, -0.1) is 11.3 Å². The fourth-order valence-electron chi connectivity index (χ4n) is 3.44. The van der Waals surface area contributed by atoms with Crippen molar-refractivity contribution in [3.63, 3.8) is 0 Å². The second-order valence-electron chi connectivity index (χ2n) is 6.65. The van der Waals surface area contributed by atoms with Gasteiger partial charge in [-0.1, -0.05) is 13.3 Å². The minimum absolute atomic E-state index is 0.0834. The van der Waals surface area contributed by atoms with Crippen LogP contribution in [0.1, 0.15) is 53.7 Å². The van der Waals surface area contributed by atoms with Crippen molar-refractivity contribution in [2.45, 2.75) is 52.5 Å². The Bertz CT molecular complexity index is 915. The highest BCUT2D eigenvalue weighted by Gasteiger charge is 2.26. The summed E-state index contributed by atoms with van der Waals surface area (Å²) in [5.74, 6) is -0.596. The van der Waals surface area contributed by atoms with E-state index in [1.807, 2.05) is 6.92 Å². The van der Waals surface area contributed by atoms with Gasteiger partial charge in [0.05, 0.1) is 10.3 Å². The zero-order chi connectivity index (χ0) is 18.8. The number of carboxylic acids is 1. The monoisotopic (exact) mass is 377 g/mol. The SMILES string of the molecule is CCCN(CC(=O)O)C(=O)c1sc2nc3n(c(=O)c2c1C)CCCCC3. The number of amides is 1. The van der Waals surface area contributed by atoms with Crippen molar-refractivity contribution < 1.29 is 14.7 Å². The maximum Gasteiger partial charge on any atom is 0.323 e. The molecule has 0 atom stereocenters. The fraction of sp³-hybridized carbons (Fsp3) is 0.556. The van der Waals surface area contributed by atoms with Crippen LogP contribution in [0.2, 0.25) is 0 Å². The van der Waals surface area contributed by atoms with Gasteiger partial charge in [0, 0.05) is 19.5 Å². The van der Waals surface area contributed by atoms with Gasteiger partial charge in [0.2, 0.25) is 0 Å². The molecule has 0 spiro atoms. The molecule has 0 unspecified atom stereocenters. The van der Waals surface area contributed by atoms with E-state index in [-0.39, 0.29) is 18.0 Å². The molecular weight excluding hydrogens is 354 g/mol. The normalized spacial score (nSPS) is 14.1. The molecule has 0 saturated heterocycles. The number of nitrogens with zero attached hydrogens (tertiary/aromatic N) is 3. The molecule has 0 aliphatic carbocycles. The Balaban J connectivity index is 2.09. The zero-order valence-electron chi connectivity index (χ0n) is 15.1. The minimum atomic E-state index is -1.05. The molecule has 140 valence electrons. The number of fused-ring (bicyclic) bond motifs is 2. The summed E-state index contributed by atoms with van der Waals surface area (Å²) in [5.41, 5.74) is 0.526. The number of aryl methyl sites for hydroxylation is 2. The first-order valence-electron chi connectivity index (χ1n) is 8.98. The van der Waals surface area contributed by atoms with E-state index < -0.39 is 5.97 Å². The van der Waals surface area contributed by atoms with Crippen LogP contribution < -0.4 is 5.56 Å². The van der Waals surface area contributed by atoms with Gasteiger partial charge in [-0.25, -0.2) is 4.98 Å². The summed E-state index contributed by atoms with van der Waals surface area (Å²) in [5, 5.41) is 9.57. The number of carboxylic acid groups (broad SMARTS) is 1. The van der Waals surface area contributed by atoms with Crippen LogP contribution in [0.5, 0.6) is 0 Å². The molecule has 3 rings (SSSR count). The van der Waals surface area contributed by atoms with E-state index in [4.69, 9.17) is 5.11 Å². The van der Waals surface area contributed by atoms with Crippen LogP contribution >= 0.6 is 11.3 Å². The van der Waals surface area contributed by atoms with Gasteiger partial charge in [-0.2, -0.15) is 0 Å². The summed E-state index contributed by atoms with van der Waals surface area (Å²) < 4.78 is 1.74. The molecule has 1 aliphatic heterocycles. The third-order valence-corrected chi connectivity index (χ3v) is 5.89. The lowest BCUT2D eigenvalue weighted by Gasteiger charge is -2.19. The Labute approximate surface area is 155 Å². The van der Waals surface area contributed by atoms with Gasteiger partial charge in [0.15, 0.2) is 0 Å². The quantitative estimate of drug-likeness (QED) is 0.864. The van der Waals surface area contributed by atoms with Crippen LogP contribution in [0.3, 0.4) is 0 Å². The number of carbonyl (C=O) groups is 2. The van der Waals surface area contributed by atoms with Crippen LogP contribution in [-0.4, -0.2) is 44.5 Å². The highest BCUT2D eigenvalue weighted by atomic mass is 32.1. The lowest BCUT2D eigenvalue weighted by Crippen LogP contribution is -2.36. The predicted octanol–water partition coefficient (Wildman–Crippen LogP) is 2.43. The smallest absolute Gasteiger partial charge is 0.323 e. The Morgan fingerprint density at radius 2 is 2.08 bits per heavy atom. The largest absolute Gasteiger partial charge is 0.480 e. The summed E-state index contributed by atoms with van der Waals surface area (Å²) in [7, 11) is 0. The van der Waals surface area contributed by atoms with Gasteiger partial charge in [0.25, 0.3) is 11.5 Å². The highest BCUT2D eigenvalue weighted by Crippen LogP contribution is 2.29. The highest BCUT2D eigenvalue weighted by molar-refractivity contribution is 7.20. The average molecular weight is 377 g/mol. The Kier molecular flexibility index (Phi) is 5.41. The number of aromatic nitrogens is 2. The van der Waals surface area contributed by atoms with Crippen LogP contribution in [0, 0.1) is 6.92 Å². The first-order valence-corrected chi connectivity index (χ1v) is 9.79. The Morgan fingerprint density at radius 3 is 2.77 bits per heavy atom. The summed E-state index contributed by atoms with van der Waals surface area (Å²) in [6.45, 7) is 4.33. The third kappa shape index (κ3) is 3.38. The average Bonchev–Trinajstić information content (AvgIpc) is 2.77. The van der Waals surface area contributed by atoms with Crippen molar-refractivity contribution in [1.29, 1.82) is 0 Å². The summed E-state index contributed by atoms with van der Waals surface area (Å²) in [4.78, 5) is 43.9. The molecule has 0 saturated carbocycles. The molecule has 2 aromatic heterocycles. The zero-order valence-corrected chi connectivity index (χ0v) is 15.9. The van der Waals surface area contributed by atoms with Crippen molar-refractivity contribution in [1.82, 2.24) is 14.5 Å². The number of hydrogen-bond donors (Lipinski definition) is 1. The molecule has 1 amide bonds. The predicted molar refractivity (Wildman–Crippen MR) is 100 cm³/mol. The van der Waals surface area contributed by atoms with Gasteiger partial charge in [-0.3, -0.25) is 19.0 Å². The lowest BCUT2D eigenvalue weighted by atomic mass is 10.2. The van der Waals surface area contributed by atoms with E-state index in [2.05, 4.69) is 4.98 Å². The Hall–Kier alpha value is -2.22. The first kappa shape index (κ1) is 18.6. The summed E-state index contributed by atoms with van der Waals surface area (Å²) in [6, 6.07) is 0. The second kappa shape index (κ2) is 7.57. The van der Waals surface area contributed by atoms with Gasteiger partial charge in [0.1, 0.15) is 17.2 Å². The van der Waals surface area contributed by atoms with E-state index in [9.17, 15) is 14.4 Å². The van der Waals surface area contributed by atoms with E-state index in [1.54, 1.807) is 11.5 Å². The maximum absolute atomic E-state index is 13.0. The molecule has 1 N–H and O–H groups in total. The van der Waals surface area contributed by atoms with E-state index in [0.29, 0.717) is 40.2 Å². The van der Waals surface area contributed by atoms with Gasteiger partial charge < -0.3 is 10.0 Å². The molecule has 0 fully saturated rings. The lowest BCUT2D eigenvalue weighted by molar-refractivity contribution is -0.137. The van der Waals surface area contributed by atoms with Crippen LogP contribution in [0.15, 0.2) is 4.79 Å². The van der Waals surface area contributed by atoms with Crippen molar-refractivity contribution in [2.75, 3.05) is 13.1 Å². The number of carbonyl (C=O) groups excluding carboxylic acids is 1. The molecule has 7 nitrogen and oxygen atoms in total. The molecule has 3 heterocycles. The molecule has 1 aliphatic rings. The molecular formula is C18H23N3O4S. The molecule has 0 bridgehead atoms. The van der Waals surface area contributed by atoms with Crippen LogP contribution in [0.25, 0.3) is 10.2 Å². The maximum atomic E-state index is 13.0. The van der Waals surface area contributed by atoms with E-state index >= 15 is 0 Å². The van der Waals surface area contributed by atoms with Crippen molar-refractivity contribution >= 4 is 33.4 Å². The van der Waals surface area contributed by atoms with Crippen LogP contribution in [-0.2, 0) is 17.8 Å². The second-order valence-corrected chi connectivity index (χ2v) is 7.65. The first-order chi connectivity index (χ1) is 12.4. The molecule has 8 heteroatoms. The number of aliphatic carboxylic acids is 1. The van der Waals surface area contributed by atoms with Crippen molar-refractivity contribution in [3.05, 3.63) is 26.6 Å². The molecule has 2 aromatic rings. The van der Waals surface area contributed by atoms with Gasteiger partial charge in [-0.05, 0) is 31.7 Å². The number of thiophene rings is 1. The molecule has 26 heavy (non-hydrogen) atoms. The summed E-state index contributed by atoms with van der Waals surface area (Å²) >= 11 is 1.20. The van der Waals surface area contributed by atoms with Crippen molar-refractivity contribution in [2.24, 2.45) is 0 Å². The molecule has 0 aromatic carbocycles.